The van der Waals surface area contributed by atoms with Crippen molar-refractivity contribution in [1.82, 2.24) is 4.98 Å². The molecule has 100 valence electrons. The summed E-state index contributed by atoms with van der Waals surface area (Å²) in [6.45, 7) is 0. The number of aromatic nitrogens is 1. The number of rotatable bonds is 2. The van der Waals surface area contributed by atoms with E-state index in [4.69, 9.17) is 5.73 Å². The molecule has 1 heterocycles. The number of halogens is 2. The second-order valence-corrected chi connectivity index (χ2v) is 5.97. The van der Waals surface area contributed by atoms with E-state index in [9.17, 15) is 4.39 Å². The lowest BCUT2D eigenvalue weighted by Gasteiger charge is -2.01. The van der Waals surface area contributed by atoms with Gasteiger partial charge in [0.15, 0.2) is 0 Å². The van der Waals surface area contributed by atoms with Crippen LogP contribution in [-0.4, -0.2) is 4.98 Å². The molecule has 0 spiro atoms. The lowest BCUT2D eigenvalue weighted by atomic mass is 10.1. The van der Waals surface area contributed by atoms with Crippen LogP contribution in [0.25, 0.3) is 21.8 Å². The molecule has 0 amide bonds. The first-order valence-corrected chi connectivity index (χ1v) is 7.58. The fourth-order valence-electron chi connectivity index (χ4n) is 1.89. The second kappa shape index (κ2) is 5.34. The Bertz CT molecular complexity index is 770. The first kappa shape index (κ1) is 13.3. The molecule has 0 atom stereocenters. The molecule has 0 fully saturated rings. The number of para-hydroxylation sites is 1. The largest absolute Gasteiger partial charge is 0.398 e. The number of nitrogens with zero attached hydrogens (tertiary/aromatic N) is 1. The highest BCUT2D eigenvalue weighted by atomic mass is 79.9. The molecule has 0 bridgehead atoms. The molecule has 2 aromatic carbocycles. The van der Waals surface area contributed by atoms with Gasteiger partial charge in [0.05, 0.1) is 10.2 Å². The molecular formula is C15H10BrFN2S. The minimum Gasteiger partial charge on any atom is -0.398 e. The maximum absolute atomic E-state index is 13.3. The molecule has 0 saturated carbocycles. The minimum absolute atomic E-state index is 0.280. The fourth-order valence-corrected chi connectivity index (χ4v) is 3.09. The quantitative estimate of drug-likeness (QED) is 0.664. The summed E-state index contributed by atoms with van der Waals surface area (Å²) in [5, 5.41) is 2.79. The molecular weight excluding hydrogens is 339 g/mol. The van der Waals surface area contributed by atoms with Crippen molar-refractivity contribution in [2.45, 2.75) is 0 Å². The molecule has 3 aromatic rings. The number of thiazole rings is 1. The summed E-state index contributed by atoms with van der Waals surface area (Å²) in [6, 6.07) is 12.5. The molecule has 5 heteroatoms. The van der Waals surface area contributed by atoms with Crippen LogP contribution < -0.4 is 5.73 Å². The van der Waals surface area contributed by atoms with E-state index in [0.717, 1.165) is 21.8 Å². The molecule has 0 radical (unpaired) electrons. The third kappa shape index (κ3) is 2.46. The summed E-state index contributed by atoms with van der Waals surface area (Å²) >= 11 is 4.70. The Labute approximate surface area is 128 Å². The number of hydrogen-bond donors (Lipinski definition) is 1. The van der Waals surface area contributed by atoms with Crippen LogP contribution in [0.15, 0.2) is 52.3 Å². The van der Waals surface area contributed by atoms with E-state index in [1.54, 1.807) is 12.1 Å². The zero-order valence-electron chi connectivity index (χ0n) is 10.3. The third-order valence-electron chi connectivity index (χ3n) is 2.91. The Balaban J connectivity index is 2.02. The lowest BCUT2D eigenvalue weighted by Crippen LogP contribution is -1.89. The molecule has 0 unspecified atom stereocenters. The first-order chi connectivity index (χ1) is 9.65. The van der Waals surface area contributed by atoms with Crippen molar-refractivity contribution in [2.24, 2.45) is 0 Å². The lowest BCUT2D eigenvalue weighted by molar-refractivity contribution is 0.621. The van der Waals surface area contributed by atoms with Gasteiger partial charge in [-0.1, -0.05) is 18.2 Å². The Morgan fingerprint density at radius 1 is 1.15 bits per heavy atom. The van der Waals surface area contributed by atoms with Crippen LogP contribution in [0.2, 0.25) is 0 Å². The number of hydrogen-bond acceptors (Lipinski definition) is 3. The van der Waals surface area contributed by atoms with Crippen LogP contribution in [0, 0.1) is 5.82 Å². The van der Waals surface area contributed by atoms with Gasteiger partial charge in [-0.3, -0.25) is 0 Å². The average molecular weight is 349 g/mol. The van der Waals surface area contributed by atoms with Gasteiger partial charge in [0, 0.05) is 22.2 Å². The van der Waals surface area contributed by atoms with Gasteiger partial charge in [0.25, 0.3) is 0 Å². The summed E-state index contributed by atoms with van der Waals surface area (Å²) in [6.07, 6.45) is 0. The SMILES string of the molecule is Nc1ccccc1-c1csc(-c2ccc(F)c(Br)c2)n1. The molecule has 0 aliphatic carbocycles. The van der Waals surface area contributed by atoms with Gasteiger partial charge in [-0.25, -0.2) is 9.37 Å². The van der Waals surface area contributed by atoms with Crippen molar-refractivity contribution < 1.29 is 4.39 Å². The van der Waals surface area contributed by atoms with E-state index in [1.165, 1.54) is 17.4 Å². The Hall–Kier alpha value is -1.72. The Morgan fingerprint density at radius 3 is 2.70 bits per heavy atom. The second-order valence-electron chi connectivity index (χ2n) is 4.25. The van der Waals surface area contributed by atoms with E-state index in [-0.39, 0.29) is 5.82 Å². The predicted molar refractivity (Wildman–Crippen MR) is 85.1 cm³/mol. The average Bonchev–Trinajstić information content (AvgIpc) is 2.92. The van der Waals surface area contributed by atoms with Crippen LogP contribution in [-0.2, 0) is 0 Å². The third-order valence-corrected chi connectivity index (χ3v) is 4.41. The zero-order valence-corrected chi connectivity index (χ0v) is 12.7. The molecule has 2 nitrogen and oxygen atoms in total. The molecule has 0 aliphatic heterocycles. The van der Waals surface area contributed by atoms with E-state index in [0.29, 0.717) is 10.2 Å². The molecule has 0 saturated heterocycles. The Morgan fingerprint density at radius 2 is 1.95 bits per heavy atom. The van der Waals surface area contributed by atoms with Crippen LogP contribution in [0.1, 0.15) is 0 Å². The molecule has 1 aromatic heterocycles. The molecule has 20 heavy (non-hydrogen) atoms. The fraction of sp³-hybridized carbons (Fsp3) is 0. The van der Waals surface area contributed by atoms with Gasteiger partial charge < -0.3 is 5.73 Å². The minimum atomic E-state index is -0.280. The standard InChI is InChI=1S/C15H10BrFN2S/c16-11-7-9(5-6-12(11)17)15-19-14(8-20-15)10-3-1-2-4-13(10)18/h1-8H,18H2. The summed E-state index contributed by atoms with van der Waals surface area (Å²) < 4.78 is 13.7. The van der Waals surface area contributed by atoms with Crippen molar-refractivity contribution in [1.29, 1.82) is 0 Å². The highest BCUT2D eigenvalue weighted by Crippen LogP contribution is 2.32. The van der Waals surface area contributed by atoms with Gasteiger partial charge in [-0.15, -0.1) is 11.3 Å². The van der Waals surface area contributed by atoms with Crippen LogP contribution in [0.5, 0.6) is 0 Å². The van der Waals surface area contributed by atoms with E-state index in [2.05, 4.69) is 20.9 Å². The first-order valence-electron chi connectivity index (χ1n) is 5.91. The van der Waals surface area contributed by atoms with E-state index < -0.39 is 0 Å². The number of anilines is 1. The predicted octanol–water partition coefficient (Wildman–Crippen LogP) is 4.96. The summed E-state index contributed by atoms with van der Waals surface area (Å²) in [5.74, 6) is -0.280. The monoisotopic (exact) mass is 348 g/mol. The highest BCUT2D eigenvalue weighted by molar-refractivity contribution is 9.10. The van der Waals surface area contributed by atoms with Gasteiger partial charge >= 0.3 is 0 Å². The van der Waals surface area contributed by atoms with Crippen LogP contribution >= 0.6 is 27.3 Å². The highest BCUT2D eigenvalue weighted by Gasteiger charge is 2.10. The molecule has 3 rings (SSSR count). The van der Waals surface area contributed by atoms with E-state index >= 15 is 0 Å². The van der Waals surface area contributed by atoms with Gasteiger partial charge in [-0.2, -0.15) is 0 Å². The van der Waals surface area contributed by atoms with Gasteiger partial charge in [0.2, 0.25) is 0 Å². The Kier molecular flexibility index (Phi) is 3.54. The van der Waals surface area contributed by atoms with Crippen molar-refractivity contribution in [2.75, 3.05) is 5.73 Å². The topological polar surface area (TPSA) is 38.9 Å². The van der Waals surface area contributed by atoms with Crippen LogP contribution in [0.3, 0.4) is 0 Å². The molecule has 2 N–H and O–H groups in total. The summed E-state index contributed by atoms with van der Waals surface area (Å²) in [4.78, 5) is 4.58. The summed E-state index contributed by atoms with van der Waals surface area (Å²) in [7, 11) is 0. The van der Waals surface area contributed by atoms with Gasteiger partial charge in [-0.05, 0) is 40.2 Å². The number of benzene rings is 2. The zero-order chi connectivity index (χ0) is 14.1. The molecule has 0 aliphatic rings. The number of nitrogen functional groups attached to an aromatic ring is 1. The van der Waals surface area contributed by atoms with Crippen molar-refractivity contribution in [3.63, 3.8) is 0 Å². The van der Waals surface area contributed by atoms with Crippen molar-refractivity contribution in [3.8, 4) is 21.8 Å². The summed E-state index contributed by atoms with van der Waals surface area (Å²) in [5.41, 5.74) is 9.28. The maximum Gasteiger partial charge on any atom is 0.137 e. The van der Waals surface area contributed by atoms with E-state index in [1.807, 2.05) is 29.6 Å². The smallest absolute Gasteiger partial charge is 0.137 e. The van der Waals surface area contributed by atoms with Crippen LogP contribution in [0.4, 0.5) is 10.1 Å². The van der Waals surface area contributed by atoms with Crippen molar-refractivity contribution in [3.05, 3.63) is 58.1 Å². The number of nitrogens with two attached hydrogens (primary N) is 1. The van der Waals surface area contributed by atoms with Gasteiger partial charge in [0.1, 0.15) is 10.8 Å². The maximum atomic E-state index is 13.3. The van der Waals surface area contributed by atoms with Crippen molar-refractivity contribution >= 4 is 33.0 Å². The normalized spacial score (nSPS) is 10.7.